The fourth-order valence-electron chi connectivity index (χ4n) is 5.63. The lowest BCUT2D eigenvalue weighted by Crippen LogP contribution is -2.08. The normalized spacial score (nSPS) is 12.0. The van der Waals surface area contributed by atoms with Crippen molar-refractivity contribution in [3.63, 3.8) is 0 Å². The van der Waals surface area contributed by atoms with Gasteiger partial charge in [-0.2, -0.15) is 16.8 Å². The average molecular weight is 757 g/mol. The molecule has 266 valence electrons. The Morgan fingerprint density at radius 3 is 1.17 bits per heavy atom. The third kappa shape index (κ3) is 7.24. The van der Waals surface area contributed by atoms with Gasteiger partial charge >= 0.3 is 0 Å². The first-order valence-corrected chi connectivity index (χ1v) is 18.6. The van der Waals surface area contributed by atoms with Crippen molar-refractivity contribution < 1.29 is 35.5 Å². The quantitative estimate of drug-likeness (QED) is 0.101. The van der Waals surface area contributed by atoms with E-state index in [2.05, 4.69) is 20.4 Å². The van der Waals surface area contributed by atoms with Crippen LogP contribution in [0.25, 0.3) is 56.7 Å². The highest BCUT2D eigenvalue weighted by atomic mass is 32.2. The summed E-state index contributed by atoms with van der Waals surface area (Å²) in [6.07, 6.45) is 5.89. The van der Waals surface area contributed by atoms with Crippen LogP contribution in [0.4, 0.5) is 0 Å². The Kier molecular flexibility index (Phi) is 9.37. The molecule has 7 rings (SSSR count). The molecule has 7 aromatic rings. The Morgan fingerprint density at radius 2 is 0.852 bits per heavy atom. The molecule has 0 radical (unpaired) electrons. The van der Waals surface area contributed by atoms with Crippen molar-refractivity contribution in [2.24, 2.45) is 0 Å². The summed E-state index contributed by atoms with van der Waals surface area (Å²) in [6.45, 7) is 0. The van der Waals surface area contributed by atoms with E-state index in [0.717, 1.165) is 9.59 Å². The van der Waals surface area contributed by atoms with E-state index in [0.29, 0.717) is 44.3 Å². The zero-order valence-electron chi connectivity index (χ0n) is 27.5. The van der Waals surface area contributed by atoms with E-state index in [1.807, 2.05) is 11.9 Å². The Bertz CT molecular complexity index is 2760. The molecule has 0 atom stereocenters. The molecule has 0 aliphatic heterocycles. The van der Waals surface area contributed by atoms with E-state index >= 15 is 0 Å². The maximum atomic E-state index is 12.3. The van der Waals surface area contributed by atoms with Crippen LogP contribution in [-0.4, -0.2) is 67.8 Å². The van der Waals surface area contributed by atoms with E-state index in [9.17, 15) is 35.5 Å². The van der Waals surface area contributed by atoms with Gasteiger partial charge in [0.2, 0.25) is 0 Å². The summed E-state index contributed by atoms with van der Waals surface area (Å²) in [5.74, 6) is 3.78. The fourth-order valence-corrected chi connectivity index (χ4v) is 6.92. The van der Waals surface area contributed by atoms with Gasteiger partial charge in [-0.25, -0.2) is 9.59 Å². The zero-order chi connectivity index (χ0) is 38.0. The summed E-state index contributed by atoms with van der Waals surface area (Å²) in [6, 6.07) is 28.4. The second-order valence-corrected chi connectivity index (χ2v) is 14.4. The number of benzene rings is 5. The molecule has 54 heavy (non-hydrogen) atoms. The molecule has 0 saturated heterocycles. The van der Waals surface area contributed by atoms with Crippen LogP contribution in [0, 0.1) is 0 Å². The van der Waals surface area contributed by atoms with Crippen molar-refractivity contribution in [1.29, 1.82) is 0 Å². The van der Waals surface area contributed by atoms with Crippen LogP contribution in [0.3, 0.4) is 0 Å². The van der Waals surface area contributed by atoms with Crippen LogP contribution in [0.15, 0.2) is 131 Å². The summed E-state index contributed by atoms with van der Waals surface area (Å²) in [4.78, 5) is 26.0. The molecule has 0 spiro atoms. The molecule has 5 aromatic carbocycles. The fraction of sp³-hybridized carbons (Fsp3) is 0. The van der Waals surface area contributed by atoms with Crippen molar-refractivity contribution in [3.8, 4) is 11.4 Å². The smallest absolute Gasteiger partial charge is 0.282 e. The second-order valence-electron chi connectivity index (χ2n) is 11.6. The topological polar surface area (TPSA) is 204 Å². The monoisotopic (exact) mass is 756 g/mol. The lowest BCUT2D eigenvalue weighted by molar-refractivity contribution is 0.479. The Morgan fingerprint density at radius 1 is 0.519 bits per heavy atom. The van der Waals surface area contributed by atoms with Gasteiger partial charge in [-0.05, 0) is 71.8 Å². The largest absolute Gasteiger partial charge is 0.296 e. The summed E-state index contributed by atoms with van der Waals surface area (Å²) in [7, 11) is -9.35. The number of fused-ring (bicyclic) bond motifs is 2. The minimum Gasteiger partial charge on any atom is -0.282 e. The Hall–Kier alpha value is -6.90. The number of allylic oxidation sites excluding steroid dienone is 4. The second kappa shape index (κ2) is 14.3. The third-order valence-corrected chi connectivity index (χ3v) is 9.94. The van der Waals surface area contributed by atoms with Crippen LogP contribution in [-0.2, 0) is 29.8 Å². The predicted molar refractivity (Wildman–Crippen MR) is 200 cm³/mol. The van der Waals surface area contributed by atoms with Gasteiger partial charge in [0.25, 0.3) is 20.2 Å². The van der Waals surface area contributed by atoms with E-state index in [-0.39, 0.29) is 22.5 Å². The van der Waals surface area contributed by atoms with E-state index in [1.165, 1.54) is 60.7 Å². The van der Waals surface area contributed by atoms with Crippen molar-refractivity contribution in [2.75, 3.05) is 0 Å². The average Bonchev–Trinajstić information content (AvgIpc) is 3.80. The Balaban J connectivity index is 1.21. The van der Waals surface area contributed by atoms with Crippen LogP contribution < -0.4 is 0 Å². The number of aromatic nitrogens is 6. The molecule has 2 N–H and O–H groups in total. The van der Waals surface area contributed by atoms with Crippen molar-refractivity contribution in [2.45, 2.75) is 9.79 Å². The first-order valence-electron chi connectivity index (χ1n) is 15.8. The number of hydrogen-bond acceptors (Lipinski definition) is 10. The molecule has 0 saturated carbocycles. The van der Waals surface area contributed by atoms with Crippen molar-refractivity contribution >= 4 is 77.5 Å². The molecular weight excluding hydrogens is 733 g/mol. The molecule has 0 amide bonds. The maximum Gasteiger partial charge on any atom is 0.296 e. The lowest BCUT2D eigenvalue weighted by atomic mass is 9.94. The highest BCUT2D eigenvalue weighted by Gasteiger charge is 2.21. The first kappa shape index (κ1) is 35.5. The highest BCUT2D eigenvalue weighted by molar-refractivity contribution is 7.86. The van der Waals surface area contributed by atoms with E-state index < -0.39 is 30.0 Å². The summed E-state index contributed by atoms with van der Waals surface area (Å²) in [5, 5.41) is 17.3. The number of hydrogen-bond donors (Lipinski definition) is 2. The van der Waals surface area contributed by atoms with Gasteiger partial charge in [-0.15, -0.1) is 30.0 Å². The molecule has 0 fully saturated rings. The standard InChI is InChI=1S/C38H24N6O8S2/c45-23-27(17-13-25-15-19-37(53(47,48)49)35(21-25)43-39-31-9-3-4-10-32(31)40-43)29-7-1-2-8-30(29)28(24-46)18-14-26-16-20-38(54(50,51)52)36(22-26)44-41-33-11-5-6-12-34(33)42-44/h1-22H,(H,47,48,49)(H,50,51,52)/b17-13+,18-14+. The molecule has 16 heteroatoms. The van der Waals surface area contributed by atoms with Gasteiger partial charge < -0.3 is 0 Å². The van der Waals surface area contributed by atoms with Crippen molar-refractivity contribution in [1.82, 2.24) is 30.0 Å². The molecular formula is C38H24N6O8S2. The van der Waals surface area contributed by atoms with Crippen LogP contribution in [0.5, 0.6) is 0 Å². The van der Waals surface area contributed by atoms with E-state index in [4.69, 9.17) is 0 Å². The zero-order valence-corrected chi connectivity index (χ0v) is 29.2. The van der Waals surface area contributed by atoms with Crippen LogP contribution in [0.1, 0.15) is 22.3 Å². The molecule has 0 aliphatic carbocycles. The minimum atomic E-state index is -4.67. The van der Waals surface area contributed by atoms with E-state index in [1.54, 1.807) is 72.8 Å². The maximum absolute atomic E-state index is 12.3. The van der Waals surface area contributed by atoms with Gasteiger partial charge in [0.05, 0.1) is 11.1 Å². The van der Waals surface area contributed by atoms with Gasteiger partial charge in [0.15, 0.2) is 0 Å². The van der Waals surface area contributed by atoms with Crippen LogP contribution in [0.2, 0.25) is 0 Å². The first-order chi connectivity index (χ1) is 25.9. The van der Waals surface area contributed by atoms with Gasteiger partial charge in [-0.1, -0.05) is 72.8 Å². The van der Waals surface area contributed by atoms with Gasteiger partial charge in [-0.3, -0.25) is 9.11 Å². The third-order valence-electron chi connectivity index (χ3n) is 8.14. The lowest BCUT2D eigenvalue weighted by Gasteiger charge is -2.09. The SMILES string of the molecule is O=C=C(/C=C/c1ccc(S(=O)(=O)O)c(-n2nc3ccccc3n2)c1)c1ccccc1C(=C=O)/C=C/c1ccc(S(=O)(=O)O)c(-n2nc3ccccc3n2)c1. The van der Waals surface area contributed by atoms with Crippen molar-refractivity contribution in [3.05, 3.63) is 144 Å². The summed E-state index contributed by atoms with van der Waals surface area (Å²) in [5.41, 5.74) is 3.44. The summed E-state index contributed by atoms with van der Waals surface area (Å²) >= 11 is 0. The Labute approximate surface area is 306 Å². The van der Waals surface area contributed by atoms with Gasteiger partial charge in [0.1, 0.15) is 55.1 Å². The van der Waals surface area contributed by atoms with Gasteiger partial charge in [0, 0.05) is 11.1 Å². The highest BCUT2D eigenvalue weighted by Crippen LogP contribution is 2.29. The predicted octanol–water partition coefficient (Wildman–Crippen LogP) is 5.50. The summed E-state index contributed by atoms with van der Waals surface area (Å²) < 4.78 is 68.7. The van der Waals surface area contributed by atoms with Crippen LogP contribution >= 0.6 is 0 Å². The number of nitrogens with zero attached hydrogens (tertiary/aromatic N) is 6. The molecule has 2 heterocycles. The molecule has 0 aliphatic rings. The minimum absolute atomic E-state index is 0.0337. The molecule has 0 bridgehead atoms. The number of rotatable bonds is 10. The molecule has 14 nitrogen and oxygen atoms in total. The molecule has 0 unspecified atom stereocenters. The molecule has 2 aromatic heterocycles. The number of carbonyl (C=O) groups excluding carboxylic acids is 2.